The number of aryl methyl sites for hydroxylation is 1. The molecule has 1 aromatic carbocycles. The summed E-state index contributed by atoms with van der Waals surface area (Å²) in [6, 6.07) is 9.71. The van der Waals surface area contributed by atoms with E-state index in [1.165, 1.54) is 23.1 Å². The lowest BCUT2D eigenvalue weighted by molar-refractivity contribution is -0.147. The number of para-hydroxylation sites is 2. The molecule has 25 heavy (non-hydrogen) atoms. The molecule has 0 aliphatic carbocycles. The van der Waals surface area contributed by atoms with E-state index in [1.54, 1.807) is 17.4 Å². The highest BCUT2D eigenvalue weighted by molar-refractivity contribution is 7.09. The number of carbonyl (C=O) groups is 2. The van der Waals surface area contributed by atoms with Crippen LogP contribution >= 0.6 is 11.3 Å². The molecule has 0 aliphatic heterocycles. The number of anilines is 1. The highest BCUT2D eigenvalue weighted by Gasteiger charge is 2.13. The molecule has 0 atom stereocenters. The minimum atomic E-state index is -3.00. The number of ether oxygens (including phenoxy) is 2. The van der Waals surface area contributed by atoms with Crippen molar-refractivity contribution in [2.45, 2.75) is 25.9 Å². The Morgan fingerprint density at radius 3 is 2.68 bits per heavy atom. The first-order chi connectivity index (χ1) is 12.0. The van der Waals surface area contributed by atoms with Crippen molar-refractivity contribution in [3.8, 4) is 5.75 Å². The molecule has 0 spiro atoms. The fraction of sp³-hybridized carbons (Fsp3) is 0.294. The maximum absolute atomic E-state index is 12.3. The third-order valence-corrected chi connectivity index (χ3v) is 4.06. The molecule has 0 fully saturated rings. The monoisotopic (exact) mass is 369 g/mol. The second-order valence-electron chi connectivity index (χ2n) is 5.02. The average molecular weight is 369 g/mol. The zero-order valence-corrected chi connectivity index (χ0v) is 14.1. The van der Waals surface area contributed by atoms with E-state index in [1.807, 2.05) is 17.5 Å². The van der Waals surface area contributed by atoms with Crippen molar-refractivity contribution in [2.24, 2.45) is 0 Å². The quantitative estimate of drug-likeness (QED) is 0.682. The predicted molar refractivity (Wildman–Crippen MR) is 89.9 cm³/mol. The SMILES string of the molecule is O=C(COC(=O)CCCc1cccs1)Nc1ccccc1OC(F)F. The molecule has 0 saturated heterocycles. The van der Waals surface area contributed by atoms with Crippen LogP contribution in [-0.4, -0.2) is 25.1 Å². The Morgan fingerprint density at radius 2 is 1.96 bits per heavy atom. The van der Waals surface area contributed by atoms with Gasteiger partial charge >= 0.3 is 12.6 Å². The summed E-state index contributed by atoms with van der Waals surface area (Å²) in [5.41, 5.74) is 0.0848. The molecule has 0 unspecified atom stereocenters. The van der Waals surface area contributed by atoms with Crippen LogP contribution in [0.3, 0.4) is 0 Å². The maximum Gasteiger partial charge on any atom is 0.387 e. The van der Waals surface area contributed by atoms with E-state index >= 15 is 0 Å². The number of nitrogens with one attached hydrogen (secondary N) is 1. The van der Waals surface area contributed by atoms with Crippen molar-refractivity contribution in [3.63, 3.8) is 0 Å². The number of halogens is 2. The Labute approximate surface area is 147 Å². The number of carbonyl (C=O) groups excluding carboxylic acids is 2. The lowest BCUT2D eigenvalue weighted by Gasteiger charge is -2.11. The molecule has 1 heterocycles. The van der Waals surface area contributed by atoms with Crippen LogP contribution < -0.4 is 10.1 Å². The lowest BCUT2D eigenvalue weighted by atomic mass is 10.2. The first-order valence-corrected chi connectivity index (χ1v) is 8.44. The molecule has 0 saturated carbocycles. The standard InChI is InChI=1S/C17H17F2NO4S/c18-17(19)24-14-8-2-1-7-13(14)20-15(21)11-23-16(22)9-3-5-12-6-4-10-25-12/h1-2,4,6-8,10,17H,3,5,9,11H2,(H,20,21). The zero-order chi connectivity index (χ0) is 18.1. The van der Waals surface area contributed by atoms with Gasteiger partial charge in [-0.1, -0.05) is 18.2 Å². The number of hydrogen-bond donors (Lipinski definition) is 1. The van der Waals surface area contributed by atoms with Crippen LogP contribution in [0.4, 0.5) is 14.5 Å². The summed E-state index contributed by atoms with van der Waals surface area (Å²) in [6.07, 6.45) is 1.61. The van der Waals surface area contributed by atoms with E-state index in [9.17, 15) is 18.4 Å². The van der Waals surface area contributed by atoms with Gasteiger partial charge in [0.05, 0.1) is 5.69 Å². The lowest BCUT2D eigenvalue weighted by Crippen LogP contribution is -2.21. The van der Waals surface area contributed by atoms with Gasteiger partial charge in [0.25, 0.3) is 5.91 Å². The minimum absolute atomic E-state index is 0.0848. The van der Waals surface area contributed by atoms with Crippen molar-refractivity contribution in [3.05, 3.63) is 46.7 Å². The van der Waals surface area contributed by atoms with Gasteiger partial charge in [-0.15, -0.1) is 11.3 Å². The number of thiophene rings is 1. The highest BCUT2D eigenvalue weighted by atomic mass is 32.1. The minimum Gasteiger partial charge on any atom is -0.456 e. The van der Waals surface area contributed by atoms with E-state index in [2.05, 4.69) is 10.1 Å². The first kappa shape index (κ1) is 18.9. The van der Waals surface area contributed by atoms with Crippen LogP contribution in [-0.2, 0) is 20.7 Å². The molecule has 1 aromatic heterocycles. The smallest absolute Gasteiger partial charge is 0.387 e. The van der Waals surface area contributed by atoms with Crippen LogP contribution in [0.1, 0.15) is 17.7 Å². The fourth-order valence-corrected chi connectivity index (χ4v) is 2.79. The van der Waals surface area contributed by atoms with Crippen molar-refractivity contribution in [2.75, 3.05) is 11.9 Å². The summed E-state index contributed by atoms with van der Waals surface area (Å²) >= 11 is 1.62. The molecular formula is C17H17F2NO4S. The number of alkyl halides is 2. The number of amides is 1. The van der Waals surface area contributed by atoms with E-state index in [-0.39, 0.29) is 17.9 Å². The van der Waals surface area contributed by atoms with Gasteiger partial charge in [-0.3, -0.25) is 9.59 Å². The van der Waals surface area contributed by atoms with Crippen LogP contribution in [0, 0.1) is 0 Å². The zero-order valence-electron chi connectivity index (χ0n) is 13.2. The average Bonchev–Trinajstić information content (AvgIpc) is 3.08. The Hall–Kier alpha value is -2.48. The molecule has 1 N–H and O–H groups in total. The summed E-state index contributed by atoms with van der Waals surface area (Å²) < 4.78 is 33.8. The molecule has 0 aliphatic rings. The van der Waals surface area contributed by atoms with Gasteiger partial charge in [-0.25, -0.2) is 0 Å². The molecule has 8 heteroatoms. The van der Waals surface area contributed by atoms with Crippen LogP contribution in [0.25, 0.3) is 0 Å². The first-order valence-electron chi connectivity index (χ1n) is 7.56. The third-order valence-electron chi connectivity index (χ3n) is 3.13. The highest BCUT2D eigenvalue weighted by Crippen LogP contribution is 2.25. The summed E-state index contributed by atoms with van der Waals surface area (Å²) in [7, 11) is 0. The second-order valence-corrected chi connectivity index (χ2v) is 6.05. The van der Waals surface area contributed by atoms with Crippen LogP contribution in [0.2, 0.25) is 0 Å². The summed E-state index contributed by atoms with van der Waals surface area (Å²) in [5.74, 6) is -1.27. The van der Waals surface area contributed by atoms with Crippen molar-refractivity contribution in [1.82, 2.24) is 0 Å². The molecule has 2 aromatic rings. The number of esters is 1. The fourth-order valence-electron chi connectivity index (χ4n) is 2.03. The molecule has 5 nitrogen and oxygen atoms in total. The number of hydrogen-bond acceptors (Lipinski definition) is 5. The van der Waals surface area contributed by atoms with Gasteiger partial charge in [0.1, 0.15) is 5.75 Å². The van der Waals surface area contributed by atoms with Gasteiger partial charge < -0.3 is 14.8 Å². The Balaban J connectivity index is 1.72. The van der Waals surface area contributed by atoms with Gasteiger partial charge in [0.15, 0.2) is 6.61 Å². The molecule has 2 rings (SSSR count). The summed E-state index contributed by atoms with van der Waals surface area (Å²) in [4.78, 5) is 24.6. The topological polar surface area (TPSA) is 64.6 Å². The molecular weight excluding hydrogens is 352 g/mol. The van der Waals surface area contributed by atoms with E-state index < -0.39 is 25.1 Å². The van der Waals surface area contributed by atoms with E-state index in [0.29, 0.717) is 6.42 Å². The number of benzene rings is 1. The van der Waals surface area contributed by atoms with E-state index in [0.717, 1.165) is 6.42 Å². The van der Waals surface area contributed by atoms with Crippen molar-refractivity contribution >= 4 is 28.9 Å². The third kappa shape index (κ3) is 6.88. The van der Waals surface area contributed by atoms with Gasteiger partial charge in [-0.05, 0) is 36.4 Å². The predicted octanol–water partition coefficient (Wildman–Crippen LogP) is 3.85. The largest absolute Gasteiger partial charge is 0.456 e. The van der Waals surface area contributed by atoms with Crippen LogP contribution in [0.5, 0.6) is 5.75 Å². The van der Waals surface area contributed by atoms with Gasteiger partial charge in [0, 0.05) is 11.3 Å². The van der Waals surface area contributed by atoms with Crippen molar-refractivity contribution < 1.29 is 27.8 Å². The Kier molecular flexibility index (Phi) is 7.34. The van der Waals surface area contributed by atoms with Gasteiger partial charge in [0.2, 0.25) is 0 Å². The van der Waals surface area contributed by atoms with Crippen molar-refractivity contribution in [1.29, 1.82) is 0 Å². The number of rotatable bonds is 9. The van der Waals surface area contributed by atoms with Crippen LogP contribution in [0.15, 0.2) is 41.8 Å². The second kappa shape index (κ2) is 9.73. The van der Waals surface area contributed by atoms with Gasteiger partial charge in [-0.2, -0.15) is 8.78 Å². The Morgan fingerprint density at radius 1 is 1.16 bits per heavy atom. The Bertz CT molecular complexity index is 692. The normalized spacial score (nSPS) is 10.5. The molecule has 0 radical (unpaired) electrons. The maximum atomic E-state index is 12.3. The summed E-state index contributed by atoms with van der Waals surface area (Å²) in [5, 5.41) is 4.34. The molecule has 0 bridgehead atoms. The molecule has 134 valence electrons. The van der Waals surface area contributed by atoms with E-state index in [4.69, 9.17) is 4.74 Å². The summed E-state index contributed by atoms with van der Waals surface area (Å²) in [6.45, 7) is -3.49. The molecule has 1 amide bonds.